The van der Waals surface area contributed by atoms with Crippen molar-refractivity contribution in [3.8, 4) is 11.1 Å². The Labute approximate surface area is 199 Å². The summed E-state index contributed by atoms with van der Waals surface area (Å²) >= 11 is 1.60. The number of fused-ring (bicyclic) bond motifs is 1. The topological polar surface area (TPSA) is 75.4 Å². The van der Waals surface area contributed by atoms with E-state index in [9.17, 15) is 22.8 Å². The summed E-state index contributed by atoms with van der Waals surface area (Å²) in [5, 5.41) is 2.40. The third-order valence-corrected chi connectivity index (χ3v) is 6.91. The van der Waals surface area contributed by atoms with Gasteiger partial charge in [-0.1, -0.05) is 54.2 Å². The van der Waals surface area contributed by atoms with Gasteiger partial charge in [-0.15, -0.1) is 0 Å². The molecule has 0 aromatic heterocycles. The molecule has 2 amide bonds. The number of halogens is 3. The van der Waals surface area contributed by atoms with Crippen LogP contribution in [0.1, 0.15) is 21.5 Å². The van der Waals surface area contributed by atoms with Crippen molar-refractivity contribution in [2.24, 2.45) is 5.73 Å². The van der Waals surface area contributed by atoms with E-state index < -0.39 is 23.6 Å². The highest BCUT2D eigenvalue weighted by atomic mass is 32.2. The van der Waals surface area contributed by atoms with Crippen LogP contribution >= 0.6 is 11.8 Å². The van der Waals surface area contributed by atoms with Crippen LogP contribution in [0, 0.1) is 0 Å². The fourth-order valence-corrected chi connectivity index (χ4v) is 5.29. The van der Waals surface area contributed by atoms with E-state index in [-0.39, 0.29) is 11.9 Å². The summed E-state index contributed by atoms with van der Waals surface area (Å²) in [6.07, 6.45) is -3.94. The van der Waals surface area contributed by atoms with Crippen molar-refractivity contribution in [1.82, 2.24) is 5.32 Å². The maximum atomic E-state index is 13.1. The van der Waals surface area contributed by atoms with E-state index in [1.807, 2.05) is 31.3 Å². The van der Waals surface area contributed by atoms with E-state index >= 15 is 0 Å². The predicted molar refractivity (Wildman–Crippen MR) is 127 cm³/mol. The standard InChI is InChI=1S/C25H22F3N3O2S/c1-31-22(12-15-5-2-8-18(11-15)25(26,27)28)34-20-10-4-9-19(23(20)31)16-6-3-7-17(13-16)24(33)30-14-21(29)32/h2-11,13,22H,12,14H2,1H3,(H2,29,32)(H,30,33). The summed E-state index contributed by atoms with van der Waals surface area (Å²) in [6.45, 7) is -0.250. The number of nitrogens with zero attached hydrogens (tertiary/aromatic N) is 1. The maximum absolute atomic E-state index is 13.1. The monoisotopic (exact) mass is 485 g/mol. The largest absolute Gasteiger partial charge is 0.416 e. The molecule has 1 heterocycles. The number of benzene rings is 3. The molecule has 3 aromatic rings. The van der Waals surface area contributed by atoms with Crippen molar-refractivity contribution in [1.29, 1.82) is 0 Å². The summed E-state index contributed by atoms with van der Waals surface area (Å²) in [4.78, 5) is 26.4. The van der Waals surface area contributed by atoms with Gasteiger partial charge in [0.2, 0.25) is 5.91 Å². The van der Waals surface area contributed by atoms with Gasteiger partial charge in [0.25, 0.3) is 5.91 Å². The molecule has 1 atom stereocenters. The van der Waals surface area contributed by atoms with Gasteiger partial charge in [-0.05, 0) is 35.4 Å². The van der Waals surface area contributed by atoms with Crippen LogP contribution in [-0.4, -0.2) is 30.8 Å². The van der Waals surface area contributed by atoms with E-state index in [2.05, 4.69) is 10.2 Å². The SMILES string of the molecule is CN1c2c(cccc2-c2cccc(C(=O)NCC(N)=O)c2)SC1Cc1cccc(C(F)(F)F)c1. The molecule has 3 aromatic carbocycles. The third-order valence-electron chi connectivity index (χ3n) is 5.57. The highest BCUT2D eigenvalue weighted by Crippen LogP contribution is 2.48. The van der Waals surface area contributed by atoms with Crippen LogP contribution in [0.15, 0.2) is 71.6 Å². The number of nitrogens with one attached hydrogen (secondary N) is 1. The molecule has 0 bridgehead atoms. The minimum Gasteiger partial charge on any atom is -0.368 e. The van der Waals surface area contributed by atoms with Gasteiger partial charge in [-0.3, -0.25) is 9.59 Å². The van der Waals surface area contributed by atoms with Crippen LogP contribution in [0.2, 0.25) is 0 Å². The lowest BCUT2D eigenvalue weighted by atomic mass is 10.00. The summed E-state index contributed by atoms with van der Waals surface area (Å²) in [7, 11) is 1.92. The van der Waals surface area contributed by atoms with E-state index in [0.29, 0.717) is 17.5 Å². The number of carbonyl (C=O) groups is 2. The Balaban J connectivity index is 1.59. The van der Waals surface area contributed by atoms with Crippen molar-refractivity contribution in [2.75, 3.05) is 18.5 Å². The average Bonchev–Trinajstić information content (AvgIpc) is 3.12. The molecule has 1 aliphatic rings. The second kappa shape index (κ2) is 9.42. The normalized spacial score (nSPS) is 15.2. The number of hydrogen-bond donors (Lipinski definition) is 2. The molecule has 0 fully saturated rings. The van der Waals surface area contributed by atoms with Crippen LogP contribution in [0.5, 0.6) is 0 Å². The number of thioether (sulfide) groups is 1. The number of likely N-dealkylation sites (N-methyl/N-ethyl adjacent to an activating group) is 1. The van der Waals surface area contributed by atoms with Gasteiger partial charge < -0.3 is 16.0 Å². The average molecular weight is 486 g/mol. The molecule has 0 aliphatic carbocycles. The summed E-state index contributed by atoms with van der Waals surface area (Å²) in [5.41, 5.74) is 8.13. The van der Waals surface area contributed by atoms with Crippen LogP contribution in [0.25, 0.3) is 11.1 Å². The minimum absolute atomic E-state index is 0.0818. The van der Waals surface area contributed by atoms with Gasteiger partial charge in [0.15, 0.2) is 0 Å². The van der Waals surface area contributed by atoms with Crippen LogP contribution in [0.3, 0.4) is 0 Å². The molecule has 5 nitrogen and oxygen atoms in total. The zero-order valence-electron chi connectivity index (χ0n) is 18.2. The number of carbonyl (C=O) groups excluding carboxylic acids is 2. The first kappa shape index (κ1) is 23.7. The Bertz CT molecular complexity index is 1250. The second-order valence-electron chi connectivity index (χ2n) is 7.97. The molecular weight excluding hydrogens is 463 g/mol. The van der Waals surface area contributed by atoms with Crippen molar-refractivity contribution in [3.05, 3.63) is 83.4 Å². The van der Waals surface area contributed by atoms with Crippen molar-refractivity contribution >= 4 is 29.3 Å². The molecule has 0 radical (unpaired) electrons. The van der Waals surface area contributed by atoms with Crippen molar-refractivity contribution < 1.29 is 22.8 Å². The third kappa shape index (κ3) is 5.04. The maximum Gasteiger partial charge on any atom is 0.416 e. The second-order valence-corrected chi connectivity index (χ2v) is 9.19. The number of nitrogens with two attached hydrogens (primary N) is 1. The van der Waals surface area contributed by atoms with Crippen molar-refractivity contribution in [3.63, 3.8) is 0 Å². The highest BCUT2D eigenvalue weighted by molar-refractivity contribution is 8.00. The Morgan fingerprint density at radius 3 is 2.53 bits per heavy atom. The Kier molecular flexibility index (Phi) is 6.56. The smallest absolute Gasteiger partial charge is 0.368 e. The van der Waals surface area contributed by atoms with E-state index in [0.717, 1.165) is 27.8 Å². The summed E-state index contributed by atoms with van der Waals surface area (Å²) in [6, 6.07) is 18.3. The lowest BCUT2D eigenvalue weighted by molar-refractivity contribution is -0.137. The van der Waals surface area contributed by atoms with E-state index in [4.69, 9.17) is 5.73 Å². The number of anilines is 1. The Morgan fingerprint density at radius 1 is 1.06 bits per heavy atom. The molecular formula is C25H22F3N3O2S. The molecule has 0 saturated heterocycles. The first-order valence-corrected chi connectivity index (χ1v) is 11.4. The lowest BCUT2D eigenvalue weighted by Gasteiger charge is -2.24. The zero-order valence-corrected chi connectivity index (χ0v) is 19.0. The molecule has 3 N–H and O–H groups in total. The molecule has 9 heteroatoms. The van der Waals surface area contributed by atoms with E-state index in [1.165, 1.54) is 12.1 Å². The first-order chi connectivity index (χ1) is 16.1. The molecule has 1 unspecified atom stereocenters. The molecule has 176 valence electrons. The molecule has 0 saturated carbocycles. The number of primary amides is 1. The molecule has 34 heavy (non-hydrogen) atoms. The van der Waals surface area contributed by atoms with Gasteiger partial charge in [0.05, 0.1) is 23.2 Å². The lowest BCUT2D eigenvalue weighted by Crippen LogP contribution is -2.33. The van der Waals surface area contributed by atoms with Crippen LogP contribution in [-0.2, 0) is 17.4 Å². The number of amides is 2. The number of hydrogen-bond acceptors (Lipinski definition) is 4. The van der Waals surface area contributed by atoms with Gasteiger partial charge >= 0.3 is 6.18 Å². The summed E-state index contributed by atoms with van der Waals surface area (Å²) in [5.74, 6) is -1.03. The van der Waals surface area contributed by atoms with Crippen molar-refractivity contribution in [2.45, 2.75) is 22.9 Å². The zero-order chi connectivity index (χ0) is 24.5. The number of alkyl halides is 3. The quantitative estimate of drug-likeness (QED) is 0.531. The van der Waals surface area contributed by atoms with Gasteiger partial charge in [0.1, 0.15) is 0 Å². The fraction of sp³-hybridized carbons (Fsp3) is 0.200. The number of rotatable bonds is 6. The predicted octanol–water partition coefficient (Wildman–Crippen LogP) is 4.70. The van der Waals surface area contributed by atoms with Crippen LogP contribution in [0.4, 0.5) is 18.9 Å². The minimum atomic E-state index is -4.38. The van der Waals surface area contributed by atoms with Gasteiger partial charge in [0, 0.05) is 29.5 Å². The highest BCUT2D eigenvalue weighted by Gasteiger charge is 2.32. The van der Waals surface area contributed by atoms with Gasteiger partial charge in [-0.2, -0.15) is 13.2 Å². The Morgan fingerprint density at radius 2 is 1.79 bits per heavy atom. The van der Waals surface area contributed by atoms with Gasteiger partial charge in [-0.25, -0.2) is 0 Å². The Hall–Kier alpha value is -3.46. The molecule has 1 aliphatic heterocycles. The first-order valence-electron chi connectivity index (χ1n) is 10.5. The fourth-order valence-electron chi connectivity index (χ4n) is 3.94. The van der Waals surface area contributed by atoms with Crippen LogP contribution < -0.4 is 16.0 Å². The van der Waals surface area contributed by atoms with E-state index in [1.54, 1.807) is 36.0 Å². The summed E-state index contributed by atoms with van der Waals surface area (Å²) < 4.78 is 39.4. The molecule has 0 spiro atoms. The molecule has 4 rings (SSSR count). The number of para-hydroxylation sites is 1.